The first-order valence-corrected chi connectivity index (χ1v) is 8.88. The van der Waals surface area contributed by atoms with Crippen molar-refractivity contribution in [3.63, 3.8) is 0 Å². The molecule has 0 radical (unpaired) electrons. The molecule has 0 amide bonds. The molecule has 130 valence electrons. The molecule has 0 saturated carbocycles. The number of carbonyl (C=O) groups is 2. The van der Waals surface area contributed by atoms with Crippen LogP contribution < -0.4 is 0 Å². The lowest BCUT2D eigenvalue weighted by atomic mass is 10.1. The van der Waals surface area contributed by atoms with E-state index in [4.69, 9.17) is 9.15 Å². The van der Waals surface area contributed by atoms with Gasteiger partial charge in [0.25, 0.3) is 0 Å². The largest absolute Gasteiger partial charge is 0.467 e. The van der Waals surface area contributed by atoms with Gasteiger partial charge in [0.2, 0.25) is 5.78 Å². The van der Waals surface area contributed by atoms with Crippen molar-refractivity contribution in [3.05, 3.63) is 69.6 Å². The molecule has 0 aliphatic carbocycles. The average molecular weight is 357 g/mol. The number of thiophene rings is 1. The molecule has 3 aromatic heterocycles. The number of aromatic nitrogens is 1. The molecule has 0 unspecified atom stereocenters. The molecule has 5 nitrogen and oxygen atoms in total. The van der Waals surface area contributed by atoms with Crippen molar-refractivity contribution in [2.75, 3.05) is 6.61 Å². The maximum Gasteiger partial charge on any atom is 0.310 e. The SMILES string of the molecule is Cc1cc(C(=O)COC(=O)Cc2ccsc2)c(C)n1Cc1ccco1. The minimum Gasteiger partial charge on any atom is -0.467 e. The minimum atomic E-state index is -0.392. The maximum atomic E-state index is 12.4. The molecule has 0 aliphatic heterocycles. The first kappa shape index (κ1) is 17.2. The van der Waals surface area contributed by atoms with Gasteiger partial charge >= 0.3 is 5.97 Å². The Kier molecular flexibility index (Phi) is 5.19. The van der Waals surface area contributed by atoms with Gasteiger partial charge < -0.3 is 13.7 Å². The van der Waals surface area contributed by atoms with Crippen LogP contribution in [0.25, 0.3) is 0 Å². The normalized spacial score (nSPS) is 10.8. The smallest absolute Gasteiger partial charge is 0.310 e. The van der Waals surface area contributed by atoms with Crippen LogP contribution in [0.4, 0.5) is 0 Å². The fourth-order valence-corrected chi connectivity index (χ4v) is 3.39. The van der Waals surface area contributed by atoms with Crippen LogP contribution in [-0.4, -0.2) is 22.9 Å². The second kappa shape index (κ2) is 7.53. The summed E-state index contributed by atoms with van der Waals surface area (Å²) >= 11 is 1.53. The van der Waals surface area contributed by atoms with Gasteiger partial charge in [-0.05, 0) is 54.4 Å². The van der Waals surface area contributed by atoms with Crippen molar-refractivity contribution in [1.82, 2.24) is 4.57 Å². The third-order valence-corrected chi connectivity index (χ3v) is 4.79. The van der Waals surface area contributed by atoms with Crippen molar-refractivity contribution in [2.45, 2.75) is 26.8 Å². The van der Waals surface area contributed by atoms with Crippen molar-refractivity contribution in [2.24, 2.45) is 0 Å². The summed E-state index contributed by atoms with van der Waals surface area (Å²) in [5.74, 6) is 0.233. The zero-order valence-corrected chi connectivity index (χ0v) is 15.0. The topological polar surface area (TPSA) is 61.4 Å². The molecule has 0 N–H and O–H groups in total. The first-order chi connectivity index (χ1) is 12.0. The number of hydrogen-bond acceptors (Lipinski definition) is 5. The Morgan fingerprint density at radius 2 is 2.12 bits per heavy atom. The number of hydrogen-bond donors (Lipinski definition) is 0. The number of Topliss-reactive ketones (excluding diaryl/α,β-unsaturated/α-hetero) is 1. The molecule has 6 heteroatoms. The second-order valence-electron chi connectivity index (χ2n) is 5.84. The van der Waals surface area contributed by atoms with Gasteiger partial charge in [0, 0.05) is 17.0 Å². The summed E-state index contributed by atoms with van der Waals surface area (Å²) < 4.78 is 12.5. The molecule has 0 bridgehead atoms. The van der Waals surface area contributed by atoms with Crippen molar-refractivity contribution >= 4 is 23.1 Å². The van der Waals surface area contributed by atoms with Gasteiger partial charge in [-0.1, -0.05) is 0 Å². The second-order valence-corrected chi connectivity index (χ2v) is 6.62. The van der Waals surface area contributed by atoms with E-state index in [0.717, 1.165) is 22.7 Å². The van der Waals surface area contributed by atoms with Gasteiger partial charge in [-0.15, -0.1) is 0 Å². The summed E-state index contributed by atoms with van der Waals surface area (Å²) in [4.78, 5) is 24.3. The highest BCUT2D eigenvalue weighted by Crippen LogP contribution is 2.18. The van der Waals surface area contributed by atoms with Crippen molar-refractivity contribution in [1.29, 1.82) is 0 Å². The lowest BCUT2D eigenvalue weighted by Gasteiger charge is -2.08. The summed E-state index contributed by atoms with van der Waals surface area (Å²) in [6, 6.07) is 7.43. The highest BCUT2D eigenvalue weighted by molar-refractivity contribution is 7.07. The number of aryl methyl sites for hydroxylation is 1. The standard InChI is InChI=1S/C19H19NO4S/c1-13-8-17(14(2)20(13)10-16-4-3-6-23-16)18(21)11-24-19(22)9-15-5-7-25-12-15/h3-8,12H,9-11H2,1-2H3. The van der Waals surface area contributed by atoms with Crippen molar-refractivity contribution in [3.8, 4) is 0 Å². The molecular weight excluding hydrogens is 338 g/mol. The molecular formula is C19H19NO4S. The minimum absolute atomic E-state index is 0.189. The van der Waals surface area contributed by atoms with Crippen LogP contribution in [0, 0.1) is 13.8 Å². The van der Waals surface area contributed by atoms with Gasteiger partial charge in [0.05, 0.1) is 19.2 Å². The third kappa shape index (κ3) is 4.09. The number of furan rings is 1. The van der Waals surface area contributed by atoms with Gasteiger partial charge in [0.15, 0.2) is 6.61 Å². The predicted molar refractivity (Wildman–Crippen MR) is 95.0 cm³/mol. The van der Waals surface area contributed by atoms with E-state index in [1.54, 1.807) is 6.26 Å². The number of esters is 1. The van der Waals surface area contributed by atoms with E-state index in [2.05, 4.69) is 0 Å². The highest BCUT2D eigenvalue weighted by Gasteiger charge is 2.18. The molecule has 25 heavy (non-hydrogen) atoms. The number of rotatable bonds is 7. The van der Waals surface area contributed by atoms with Gasteiger partial charge in [0.1, 0.15) is 5.76 Å². The summed E-state index contributed by atoms with van der Waals surface area (Å²) in [6.45, 7) is 4.15. The van der Waals surface area contributed by atoms with Crippen LogP contribution in [0.2, 0.25) is 0 Å². The van der Waals surface area contributed by atoms with Crippen LogP contribution in [0.3, 0.4) is 0 Å². The Morgan fingerprint density at radius 1 is 1.28 bits per heavy atom. The molecule has 0 atom stereocenters. The van der Waals surface area contributed by atoms with Crippen LogP contribution in [0.15, 0.2) is 45.7 Å². The van der Waals surface area contributed by atoms with E-state index in [1.165, 1.54) is 11.3 Å². The maximum absolute atomic E-state index is 12.4. The van der Waals surface area contributed by atoms with Gasteiger partial charge in [-0.3, -0.25) is 9.59 Å². The average Bonchev–Trinajstić information content (AvgIpc) is 3.32. The van der Waals surface area contributed by atoms with Crippen molar-refractivity contribution < 1.29 is 18.7 Å². The highest BCUT2D eigenvalue weighted by atomic mass is 32.1. The summed E-state index contributed by atoms with van der Waals surface area (Å²) in [5, 5.41) is 3.80. The molecule has 3 rings (SSSR count). The lowest BCUT2D eigenvalue weighted by Crippen LogP contribution is -2.16. The van der Waals surface area contributed by atoms with E-state index >= 15 is 0 Å². The summed E-state index contributed by atoms with van der Waals surface area (Å²) in [6.07, 6.45) is 1.82. The number of ether oxygens (including phenoxy) is 1. The Hall–Kier alpha value is -2.60. The molecule has 0 spiro atoms. The Morgan fingerprint density at radius 3 is 2.80 bits per heavy atom. The summed E-state index contributed by atoms with van der Waals surface area (Å²) in [7, 11) is 0. The van der Waals surface area contributed by atoms with Crippen LogP contribution in [0.5, 0.6) is 0 Å². The van der Waals surface area contributed by atoms with E-state index < -0.39 is 5.97 Å². The zero-order chi connectivity index (χ0) is 17.8. The molecule has 3 heterocycles. The molecule has 0 aromatic carbocycles. The van der Waals surface area contributed by atoms with Gasteiger partial charge in [-0.25, -0.2) is 0 Å². The molecule has 0 saturated heterocycles. The first-order valence-electron chi connectivity index (χ1n) is 7.93. The number of carbonyl (C=O) groups excluding carboxylic acids is 2. The fraction of sp³-hybridized carbons (Fsp3) is 0.263. The van der Waals surface area contributed by atoms with E-state index in [0.29, 0.717) is 12.1 Å². The predicted octanol–water partition coefficient (Wildman–Crippen LogP) is 3.78. The fourth-order valence-electron chi connectivity index (χ4n) is 2.72. The number of ketones is 1. The monoisotopic (exact) mass is 357 g/mol. The van der Waals surface area contributed by atoms with Gasteiger partial charge in [-0.2, -0.15) is 11.3 Å². The third-order valence-electron chi connectivity index (χ3n) is 4.06. The van der Waals surface area contributed by atoms with Crippen LogP contribution >= 0.6 is 11.3 Å². The zero-order valence-electron chi connectivity index (χ0n) is 14.2. The number of nitrogens with zero attached hydrogens (tertiary/aromatic N) is 1. The molecule has 3 aromatic rings. The molecule has 0 fully saturated rings. The lowest BCUT2D eigenvalue weighted by molar-refractivity contribution is -0.141. The van der Waals surface area contributed by atoms with Crippen LogP contribution in [0.1, 0.15) is 33.1 Å². The molecule has 0 aliphatic rings. The van der Waals surface area contributed by atoms with Crippen LogP contribution in [-0.2, 0) is 22.5 Å². The summed E-state index contributed by atoms with van der Waals surface area (Å²) in [5.41, 5.74) is 3.28. The van der Waals surface area contributed by atoms with E-state index in [9.17, 15) is 9.59 Å². The Labute approximate surface area is 149 Å². The Balaban J connectivity index is 1.63. The van der Waals surface area contributed by atoms with E-state index in [1.807, 2.05) is 53.4 Å². The Bertz CT molecular complexity index is 860. The van der Waals surface area contributed by atoms with E-state index in [-0.39, 0.29) is 18.8 Å². The quantitative estimate of drug-likeness (QED) is 0.477.